The molecule has 2 aromatic carbocycles. The van der Waals surface area contributed by atoms with Gasteiger partial charge in [0.25, 0.3) is 0 Å². The van der Waals surface area contributed by atoms with Gasteiger partial charge >= 0.3 is 0 Å². The Balaban J connectivity index is 0.00000253. The van der Waals surface area contributed by atoms with E-state index in [4.69, 9.17) is 23.7 Å². The Morgan fingerprint density at radius 1 is 0.860 bits per heavy atom. The van der Waals surface area contributed by atoms with Gasteiger partial charge in [-0.15, -0.1) is 0 Å². The molecule has 11 atom stereocenters. The van der Waals surface area contributed by atoms with Crippen LogP contribution in [-0.2, 0) is 14.2 Å². The summed E-state index contributed by atoms with van der Waals surface area (Å²) in [5, 5.41) is 81.6. The highest BCUT2D eigenvalue weighted by molar-refractivity contribution is 6.02. The molecule has 16 nitrogen and oxygen atoms in total. The SMILES string of the molecule is C[C@@H]1O[C@@H](O[C@H]2[C@H](Oc3cc(O)c4c(c3)OC(c3ccc(O)cc3)CC4=O)O[C@H](CO)[C@@H](O)[C@@H]2O)[C@H](O)[C@H](O)[C@H]1O.O.O. The van der Waals surface area contributed by atoms with E-state index in [1.807, 2.05) is 0 Å². The van der Waals surface area contributed by atoms with Gasteiger partial charge in [-0.1, -0.05) is 12.1 Å². The van der Waals surface area contributed by atoms with Gasteiger partial charge < -0.3 is 75.5 Å². The molecule has 2 fully saturated rings. The van der Waals surface area contributed by atoms with Gasteiger partial charge in [-0.3, -0.25) is 4.79 Å². The molecule has 3 aliphatic rings. The largest absolute Gasteiger partial charge is 0.508 e. The molecule has 1 unspecified atom stereocenters. The number of hydrogen-bond donors (Lipinski definition) is 8. The molecule has 2 aromatic rings. The Hall–Kier alpha value is -3.13. The van der Waals surface area contributed by atoms with E-state index < -0.39 is 85.7 Å². The van der Waals surface area contributed by atoms with E-state index in [0.717, 1.165) is 6.07 Å². The van der Waals surface area contributed by atoms with Crippen LogP contribution in [0.3, 0.4) is 0 Å². The van der Waals surface area contributed by atoms with Crippen LogP contribution < -0.4 is 9.47 Å². The van der Waals surface area contributed by atoms with Crippen molar-refractivity contribution in [3.05, 3.63) is 47.5 Å². The molecule has 43 heavy (non-hydrogen) atoms. The third-order valence-electron chi connectivity index (χ3n) is 7.42. The van der Waals surface area contributed by atoms with Crippen LogP contribution in [0.2, 0.25) is 0 Å². The van der Waals surface area contributed by atoms with Crippen molar-refractivity contribution in [2.24, 2.45) is 0 Å². The molecule has 0 saturated carbocycles. The van der Waals surface area contributed by atoms with Gasteiger partial charge in [-0.2, -0.15) is 0 Å². The molecule has 0 aromatic heterocycles. The van der Waals surface area contributed by atoms with Crippen LogP contribution in [0.1, 0.15) is 35.4 Å². The van der Waals surface area contributed by atoms with E-state index in [2.05, 4.69) is 0 Å². The van der Waals surface area contributed by atoms with Gasteiger partial charge in [0.1, 0.15) is 71.3 Å². The lowest BCUT2D eigenvalue weighted by Crippen LogP contribution is -2.64. The summed E-state index contributed by atoms with van der Waals surface area (Å²) in [6.07, 6.45) is -16.0. The number of hydrogen-bond acceptors (Lipinski definition) is 14. The zero-order valence-electron chi connectivity index (χ0n) is 22.8. The summed E-state index contributed by atoms with van der Waals surface area (Å²) in [4.78, 5) is 12.9. The van der Waals surface area contributed by atoms with E-state index in [1.54, 1.807) is 12.1 Å². The summed E-state index contributed by atoms with van der Waals surface area (Å²) in [6.45, 7) is 0.716. The van der Waals surface area contributed by atoms with Crippen molar-refractivity contribution in [3.8, 4) is 23.0 Å². The Morgan fingerprint density at radius 2 is 1.53 bits per heavy atom. The summed E-state index contributed by atoms with van der Waals surface area (Å²) in [6, 6.07) is 8.50. The Morgan fingerprint density at radius 3 is 2.19 bits per heavy atom. The van der Waals surface area contributed by atoms with Crippen LogP contribution in [0.5, 0.6) is 23.0 Å². The monoisotopic (exact) mass is 616 g/mol. The predicted molar refractivity (Wildman–Crippen MR) is 141 cm³/mol. The number of ether oxygens (including phenoxy) is 5. The maximum Gasteiger partial charge on any atom is 0.229 e. The van der Waals surface area contributed by atoms with Crippen molar-refractivity contribution in [2.75, 3.05) is 6.61 Å². The lowest BCUT2D eigenvalue weighted by Gasteiger charge is -2.45. The van der Waals surface area contributed by atoms with Gasteiger partial charge in [0.05, 0.1) is 19.1 Å². The second-order valence-corrected chi connectivity index (χ2v) is 10.2. The summed E-state index contributed by atoms with van der Waals surface area (Å²) < 4.78 is 28.6. The van der Waals surface area contributed by atoms with Crippen LogP contribution in [-0.4, -0.2) is 126 Å². The van der Waals surface area contributed by atoms with Crippen molar-refractivity contribution >= 4 is 5.78 Å². The fourth-order valence-corrected chi connectivity index (χ4v) is 5.07. The lowest BCUT2D eigenvalue weighted by molar-refractivity contribution is -0.354. The third kappa shape index (κ3) is 6.69. The van der Waals surface area contributed by atoms with Crippen LogP contribution in [0, 0.1) is 0 Å². The normalized spacial score (nSPS) is 35.5. The summed E-state index contributed by atoms with van der Waals surface area (Å²) in [5.41, 5.74) is 0.529. The molecule has 0 amide bonds. The van der Waals surface area contributed by atoms with E-state index in [1.165, 1.54) is 25.1 Å². The number of rotatable bonds is 6. The number of benzene rings is 2. The van der Waals surface area contributed by atoms with Crippen molar-refractivity contribution in [1.82, 2.24) is 0 Å². The number of Topliss-reactive ketones (excluding diaryl/α,β-unsaturated/α-hetero) is 1. The molecule has 3 heterocycles. The van der Waals surface area contributed by atoms with Crippen LogP contribution in [0.25, 0.3) is 0 Å². The highest BCUT2D eigenvalue weighted by Gasteiger charge is 2.51. The first kappa shape index (κ1) is 34.4. The zero-order valence-corrected chi connectivity index (χ0v) is 22.8. The molecule has 0 spiro atoms. The lowest BCUT2D eigenvalue weighted by atomic mass is 9.95. The second-order valence-electron chi connectivity index (χ2n) is 10.2. The highest BCUT2D eigenvalue weighted by atomic mass is 16.8. The first-order valence-corrected chi connectivity index (χ1v) is 13.0. The predicted octanol–water partition coefficient (Wildman–Crippen LogP) is -2.81. The quantitative estimate of drug-likeness (QED) is 0.163. The standard InChI is InChI=1S/C27H32O14.2H2O/c1-10-20(32)22(34)24(36)26(37-10)41-25-23(35)21(33)18(9-28)40-27(25)38-13-6-14(30)19-15(31)8-16(39-17(19)7-13)11-2-4-12(29)5-3-11;;/h2-7,10,16,18,20-30,32-36H,8-9H2,1H3;2*1H2/t10-,16?,18+,20-,21+,22+,23-,24+,25+,26-,27+;;/m0../s1. The van der Waals surface area contributed by atoms with Crippen molar-refractivity contribution in [2.45, 2.75) is 80.9 Å². The first-order chi connectivity index (χ1) is 19.5. The topological polar surface area (TPSA) is 288 Å². The molecule has 0 bridgehead atoms. The average Bonchev–Trinajstić information content (AvgIpc) is 2.94. The molecule has 240 valence electrons. The van der Waals surface area contributed by atoms with Gasteiger partial charge in [0.15, 0.2) is 18.2 Å². The number of aromatic hydroxyl groups is 2. The van der Waals surface area contributed by atoms with Crippen LogP contribution in [0.4, 0.5) is 0 Å². The summed E-state index contributed by atoms with van der Waals surface area (Å²) in [5.74, 6) is -0.947. The number of aliphatic hydroxyl groups excluding tert-OH is 6. The molecule has 5 rings (SSSR count). The zero-order chi connectivity index (χ0) is 29.6. The first-order valence-electron chi connectivity index (χ1n) is 13.0. The maximum absolute atomic E-state index is 12.9. The van der Waals surface area contributed by atoms with Gasteiger partial charge in [-0.25, -0.2) is 0 Å². The number of phenolic OH excluding ortho intramolecular Hbond substituents is 2. The number of fused-ring (bicyclic) bond motifs is 1. The fourth-order valence-electron chi connectivity index (χ4n) is 5.07. The van der Waals surface area contributed by atoms with E-state index in [0.29, 0.717) is 5.56 Å². The Labute approximate surface area is 244 Å². The minimum Gasteiger partial charge on any atom is -0.508 e. The third-order valence-corrected chi connectivity index (χ3v) is 7.42. The van der Waals surface area contributed by atoms with Crippen LogP contribution in [0.15, 0.2) is 36.4 Å². The number of ketones is 1. The molecule has 0 radical (unpaired) electrons. The summed E-state index contributed by atoms with van der Waals surface area (Å²) in [7, 11) is 0. The molecule has 3 aliphatic heterocycles. The maximum atomic E-state index is 12.9. The van der Waals surface area contributed by atoms with E-state index >= 15 is 0 Å². The minimum absolute atomic E-state index is 0. The van der Waals surface area contributed by atoms with E-state index in [9.17, 15) is 45.6 Å². The van der Waals surface area contributed by atoms with Gasteiger partial charge in [0, 0.05) is 12.1 Å². The molecule has 0 aliphatic carbocycles. The molecular formula is C27H36O16. The number of carbonyl (C=O) groups excluding carboxylic acids is 1. The van der Waals surface area contributed by atoms with Crippen molar-refractivity contribution < 1.29 is 80.3 Å². The second kappa shape index (κ2) is 13.7. The smallest absolute Gasteiger partial charge is 0.229 e. The molecule has 12 N–H and O–H groups in total. The number of carbonyl (C=O) groups is 1. The minimum atomic E-state index is -1.75. The van der Waals surface area contributed by atoms with Gasteiger partial charge in [-0.05, 0) is 24.6 Å². The molecule has 16 heteroatoms. The van der Waals surface area contributed by atoms with Crippen LogP contribution >= 0.6 is 0 Å². The van der Waals surface area contributed by atoms with E-state index in [-0.39, 0.29) is 40.2 Å². The van der Waals surface area contributed by atoms with Crippen molar-refractivity contribution in [1.29, 1.82) is 0 Å². The summed E-state index contributed by atoms with van der Waals surface area (Å²) >= 11 is 0. The highest BCUT2D eigenvalue weighted by Crippen LogP contribution is 2.43. The number of aliphatic hydroxyl groups is 6. The molecule has 2 saturated heterocycles. The Bertz CT molecular complexity index is 1240. The van der Waals surface area contributed by atoms with Crippen molar-refractivity contribution in [3.63, 3.8) is 0 Å². The molecular weight excluding hydrogens is 580 g/mol. The Kier molecular flexibility index (Phi) is 10.9. The average molecular weight is 617 g/mol. The van der Waals surface area contributed by atoms with Gasteiger partial charge in [0.2, 0.25) is 6.29 Å². The fraction of sp³-hybridized carbons (Fsp3) is 0.519. The number of phenols is 2.